The molecule has 35 heavy (non-hydrogen) atoms. The highest BCUT2D eigenvalue weighted by molar-refractivity contribution is 7.12. The van der Waals surface area contributed by atoms with Gasteiger partial charge in [-0.15, -0.1) is 11.3 Å². The second-order valence-electron chi connectivity index (χ2n) is 8.85. The Morgan fingerprint density at radius 2 is 1.69 bits per heavy atom. The summed E-state index contributed by atoms with van der Waals surface area (Å²) in [5.74, 6) is 1.44. The Kier molecular flexibility index (Phi) is 6.82. The topological polar surface area (TPSA) is 51.7 Å². The number of benzene rings is 2. The number of pyridine rings is 1. The van der Waals surface area contributed by atoms with Crippen molar-refractivity contribution in [3.63, 3.8) is 0 Å². The molecule has 0 atom stereocenters. The molecule has 1 aliphatic carbocycles. The van der Waals surface area contributed by atoms with E-state index in [1.54, 1.807) is 19.5 Å². The number of aryl methyl sites for hydroxylation is 1. The van der Waals surface area contributed by atoms with Crippen molar-refractivity contribution in [2.45, 2.75) is 39.0 Å². The van der Waals surface area contributed by atoms with Gasteiger partial charge in [0.05, 0.1) is 12.0 Å². The number of thiophene rings is 1. The molecular weight excluding hydrogens is 456 g/mol. The van der Waals surface area contributed by atoms with Crippen LogP contribution in [-0.2, 0) is 25.9 Å². The van der Waals surface area contributed by atoms with E-state index < -0.39 is 0 Å². The smallest absolute Gasteiger partial charge is 0.264 e. The van der Waals surface area contributed by atoms with E-state index in [1.165, 1.54) is 22.5 Å². The van der Waals surface area contributed by atoms with Crippen LogP contribution in [0.15, 0.2) is 78.4 Å². The Morgan fingerprint density at radius 3 is 2.34 bits per heavy atom. The molecule has 0 aliphatic heterocycles. The molecule has 4 aromatic rings. The number of carbonyl (C=O) groups is 1. The molecule has 2 aromatic carbocycles. The summed E-state index contributed by atoms with van der Waals surface area (Å²) in [6.45, 7) is 2.94. The molecule has 6 heteroatoms. The monoisotopic (exact) mass is 484 g/mol. The molecule has 0 bridgehead atoms. The van der Waals surface area contributed by atoms with Crippen LogP contribution >= 0.6 is 11.3 Å². The van der Waals surface area contributed by atoms with E-state index in [4.69, 9.17) is 9.47 Å². The number of rotatable bonds is 8. The van der Waals surface area contributed by atoms with Crippen molar-refractivity contribution in [2.24, 2.45) is 0 Å². The van der Waals surface area contributed by atoms with Crippen LogP contribution < -0.4 is 9.47 Å². The van der Waals surface area contributed by atoms with Gasteiger partial charge in [0.15, 0.2) is 11.5 Å². The summed E-state index contributed by atoms with van der Waals surface area (Å²) in [6.07, 6.45) is 5.40. The third-order valence-electron chi connectivity index (χ3n) is 6.37. The zero-order valence-electron chi connectivity index (χ0n) is 19.9. The zero-order chi connectivity index (χ0) is 24.2. The van der Waals surface area contributed by atoms with Crippen LogP contribution in [0.25, 0.3) is 0 Å². The number of hydrogen-bond acceptors (Lipinski definition) is 5. The summed E-state index contributed by atoms with van der Waals surface area (Å²) < 4.78 is 12.0. The van der Waals surface area contributed by atoms with Gasteiger partial charge in [0.1, 0.15) is 6.10 Å². The van der Waals surface area contributed by atoms with Gasteiger partial charge in [-0.3, -0.25) is 9.78 Å². The third kappa shape index (κ3) is 5.23. The molecule has 0 unspecified atom stereocenters. The highest BCUT2D eigenvalue weighted by atomic mass is 32.1. The van der Waals surface area contributed by atoms with E-state index in [9.17, 15) is 4.79 Å². The molecule has 1 amide bonds. The largest absolute Gasteiger partial charge is 0.493 e. The summed E-state index contributed by atoms with van der Waals surface area (Å²) >= 11 is 1.48. The molecule has 178 valence electrons. The first kappa shape index (κ1) is 23.1. The van der Waals surface area contributed by atoms with Crippen LogP contribution in [0.2, 0.25) is 0 Å². The summed E-state index contributed by atoms with van der Waals surface area (Å²) in [6, 6.07) is 20.3. The van der Waals surface area contributed by atoms with E-state index >= 15 is 0 Å². The second kappa shape index (κ2) is 10.3. The van der Waals surface area contributed by atoms with Crippen molar-refractivity contribution in [1.29, 1.82) is 0 Å². The summed E-state index contributed by atoms with van der Waals surface area (Å²) in [5.41, 5.74) is 5.72. The second-order valence-corrected chi connectivity index (χ2v) is 9.77. The maximum atomic E-state index is 13.5. The average molecular weight is 485 g/mol. The van der Waals surface area contributed by atoms with Gasteiger partial charge in [-0.2, -0.15) is 0 Å². The molecule has 0 spiro atoms. The Morgan fingerprint density at radius 1 is 0.971 bits per heavy atom. The molecule has 2 heterocycles. The molecule has 0 saturated heterocycles. The molecule has 0 saturated carbocycles. The van der Waals surface area contributed by atoms with Gasteiger partial charge in [-0.25, -0.2) is 0 Å². The van der Waals surface area contributed by atoms with Crippen molar-refractivity contribution in [3.05, 3.63) is 111 Å². The quantitative estimate of drug-likeness (QED) is 0.315. The van der Waals surface area contributed by atoms with Gasteiger partial charge in [-0.1, -0.05) is 30.3 Å². The minimum atomic E-state index is 0.0253. The number of fused-ring (bicyclic) bond motifs is 1. The van der Waals surface area contributed by atoms with E-state index in [0.717, 1.165) is 40.2 Å². The summed E-state index contributed by atoms with van der Waals surface area (Å²) in [4.78, 5) is 20.2. The summed E-state index contributed by atoms with van der Waals surface area (Å²) in [5, 5.41) is 1.96. The average Bonchev–Trinajstić information content (AvgIpc) is 3.50. The number of amides is 1. The first-order valence-corrected chi connectivity index (χ1v) is 12.6. The van der Waals surface area contributed by atoms with Crippen molar-refractivity contribution in [3.8, 4) is 11.5 Å². The molecule has 0 radical (unpaired) electrons. The Balaban J connectivity index is 1.35. The number of nitrogens with zero attached hydrogens (tertiary/aromatic N) is 2. The lowest BCUT2D eigenvalue weighted by molar-refractivity contribution is 0.0734. The first-order valence-electron chi connectivity index (χ1n) is 11.7. The lowest BCUT2D eigenvalue weighted by atomic mass is 10.1. The molecule has 5 rings (SSSR count). The Labute approximate surface area is 210 Å². The van der Waals surface area contributed by atoms with Crippen LogP contribution in [0, 0.1) is 6.92 Å². The number of ether oxygens (including phenoxy) is 2. The fraction of sp³-hybridized carbons (Fsp3) is 0.241. The maximum absolute atomic E-state index is 13.5. The van der Waals surface area contributed by atoms with Crippen molar-refractivity contribution in [1.82, 2.24) is 9.88 Å². The summed E-state index contributed by atoms with van der Waals surface area (Å²) in [7, 11) is 1.66. The van der Waals surface area contributed by atoms with E-state index in [2.05, 4.69) is 29.2 Å². The Bertz CT molecular complexity index is 1290. The van der Waals surface area contributed by atoms with E-state index in [0.29, 0.717) is 18.8 Å². The molecular formula is C29H28N2O3S. The SMILES string of the molecule is COc1cc(CN(Cc2ccncc2)C(=O)c2sccc2C)ccc1OC1Cc2ccccc2C1. The molecule has 0 fully saturated rings. The highest BCUT2D eigenvalue weighted by Crippen LogP contribution is 2.33. The third-order valence-corrected chi connectivity index (χ3v) is 7.38. The van der Waals surface area contributed by atoms with Gasteiger partial charge in [0.2, 0.25) is 0 Å². The molecule has 5 nitrogen and oxygen atoms in total. The standard InChI is InChI=1S/C29H28N2O3S/c1-20-11-14-35-28(20)29(32)31(18-21-9-12-30-13-10-21)19-22-7-8-26(27(15-22)33-2)34-25-16-23-5-3-4-6-24(23)17-25/h3-15,25H,16-19H2,1-2H3. The maximum Gasteiger partial charge on any atom is 0.264 e. The fourth-order valence-corrected chi connectivity index (χ4v) is 5.45. The van der Waals surface area contributed by atoms with Crippen molar-refractivity contribution >= 4 is 17.2 Å². The minimum Gasteiger partial charge on any atom is -0.493 e. The van der Waals surface area contributed by atoms with Crippen LogP contribution in [0.5, 0.6) is 11.5 Å². The van der Waals surface area contributed by atoms with Gasteiger partial charge in [0.25, 0.3) is 5.91 Å². The van der Waals surface area contributed by atoms with Gasteiger partial charge in [-0.05, 0) is 70.5 Å². The number of aromatic nitrogens is 1. The molecule has 1 aliphatic rings. The number of carbonyl (C=O) groups excluding carboxylic acids is 1. The number of hydrogen-bond donors (Lipinski definition) is 0. The van der Waals surface area contributed by atoms with Crippen molar-refractivity contribution in [2.75, 3.05) is 7.11 Å². The van der Waals surface area contributed by atoms with E-state index in [-0.39, 0.29) is 12.0 Å². The van der Waals surface area contributed by atoms with E-state index in [1.807, 2.05) is 53.6 Å². The fourth-order valence-electron chi connectivity index (χ4n) is 4.55. The first-order chi connectivity index (χ1) is 17.1. The minimum absolute atomic E-state index is 0.0253. The van der Waals surface area contributed by atoms with Crippen LogP contribution in [0.4, 0.5) is 0 Å². The molecule has 0 N–H and O–H groups in total. The van der Waals surface area contributed by atoms with Gasteiger partial charge < -0.3 is 14.4 Å². The van der Waals surface area contributed by atoms with Crippen LogP contribution in [-0.4, -0.2) is 29.0 Å². The number of methoxy groups -OCH3 is 1. The van der Waals surface area contributed by atoms with Crippen molar-refractivity contribution < 1.29 is 14.3 Å². The zero-order valence-corrected chi connectivity index (χ0v) is 20.8. The van der Waals surface area contributed by atoms with Gasteiger partial charge >= 0.3 is 0 Å². The van der Waals surface area contributed by atoms with Crippen LogP contribution in [0.1, 0.15) is 37.5 Å². The van der Waals surface area contributed by atoms with Crippen LogP contribution in [0.3, 0.4) is 0 Å². The normalized spacial score (nSPS) is 12.9. The Hall–Kier alpha value is -3.64. The highest BCUT2D eigenvalue weighted by Gasteiger charge is 2.24. The predicted octanol–water partition coefficient (Wildman–Crippen LogP) is 5.85. The predicted molar refractivity (Wildman–Crippen MR) is 138 cm³/mol. The lowest BCUT2D eigenvalue weighted by Gasteiger charge is -2.24. The molecule has 2 aromatic heterocycles. The lowest BCUT2D eigenvalue weighted by Crippen LogP contribution is -2.30. The van der Waals surface area contributed by atoms with Gasteiger partial charge in [0, 0.05) is 38.3 Å².